The van der Waals surface area contributed by atoms with Gasteiger partial charge in [0.25, 0.3) is 0 Å². The first kappa shape index (κ1) is 32.0. The van der Waals surface area contributed by atoms with Gasteiger partial charge in [0.2, 0.25) is 0 Å². The zero-order valence-electron chi connectivity index (χ0n) is 27.4. The number of ether oxygens (including phenoxy) is 3. The number of benzene rings is 1. The summed E-state index contributed by atoms with van der Waals surface area (Å²) < 4.78 is 17.3. The largest absolute Gasteiger partial charge is 0.513 e. The Morgan fingerprint density at radius 1 is 1.16 bits per heavy atom. The van der Waals surface area contributed by atoms with Crippen LogP contribution in [0, 0.1) is 28.6 Å². The highest BCUT2D eigenvalue weighted by Crippen LogP contribution is 2.77. The van der Waals surface area contributed by atoms with Crippen LogP contribution in [0.2, 0.25) is 0 Å². The second-order valence-electron chi connectivity index (χ2n) is 15.8. The molecule has 1 saturated heterocycles. The molecule has 7 rings (SSSR count). The molecule has 0 amide bonds. The Balaban J connectivity index is 1.45. The van der Waals surface area contributed by atoms with Gasteiger partial charge in [0.05, 0.1) is 30.5 Å². The van der Waals surface area contributed by atoms with E-state index in [-0.39, 0.29) is 53.2 Å². The normalized spacial score (nSPS) is 36.6. The maximum absolute atomic E-state index is 12.6. The van der Waals surface area contributed by atoms with E-state index in [1.165, 1.54) is 12.8 Å². The summed E-state index contributed by atoms with van der Waals surface area (Å²) in [4.78, 5) is 15.4. The van der Waals surface area contributed by atoms with Gasteiger partial charge in [0.15, 0.2) is 11.5 Å². The van der Waals surface area contributed by atoms with Gasteiger partial charge >= 0.3 is 6.16 Å². The standard InChI is InChI=1S/C35H53NO8/c1-21-34-14-15-36(19-22-7-8-22)27(33(34)12-13-35(21,42-6)26(18-33)32(5,41)31(2,3)4)17-23-9-10-25(29(39)28(23)34)44-30(40)43-16-11-24(38)20-37/h9-10,21-22,24,26-27,37-39,41H,7-8,11-20H2,1-6H3/t21-,24-,26-,27-,32+,33-,34-,35-/m1/s1. The Bertz CT molecular complexity index is 1270. The van der Waals surface area contributed by atoms with Gasteiger partial charge in [0, 0.05) is 43.0 Å². The number of phenolic OH excluding ortho intramolecular Hbond substituents is 1. The van der Waals surface area contributed by atoms with Crippen molar-refractivity contribution in [2.45, 2.75) is 115 Å². The van der Waals surface area contributed by atoms with Crippen molar-refractivity contribution in [1.29, 1.82) is 0 Å². The minimum atomic E-state index is -0.984. The van der Waals surface area contributed by atoms with Crippen molar-refractivity contribution in [1.82, 2.24) is 4.90 Å². The van der Waals surface area contributed by atoms with Gasteiger partial charge in [-0.1, -0.05) is 33.8 Å². The Morgan fingerprint density at radius 2 is 1.89 bits per heavy atom. The predicted octanol–water partition coefficient (Wildman–Crippen LogP) is 4.55. The van der Waals surface area contributed by atoms with Crippen LogP contribution in [0.4, 0.5) is 4.79 Å². The molecule has 4 N–H and O–H groups in total. The van der Waals surface area contributed by atoms with Gasteiger partial charge in [-0.05, 0) is 92.7 Å². The number of likely N-dealkylation sites (tertiary alicyclic amines) is 1. The fourth-order valence-electron chi connectivity index (χ4n) is 10.3. The Labute approximate surface area is 261 Å². The number of carbonyl (C=O) groups is 1. The summed E-state index contributed by atoms with van der Waals surface area (Å²) in [5, 5.41) is 43.0. The zero-order valence-corrected chi connectivity index (χ0v) is 27.4. The smallest absolute Gasteiger partial charge is 0.504 e. The molecule has 9 heteroatoms. The average Bonchev–Trinajstić information content (AvgIpc) is 3.79. The Kier molecular flexibility index (Phi) is 7.89. The molecule has 8 atom stereocenters. The molecule has 6 aliphatic rings. The summed E-state index contributed by atoms with van der Waals surface area (Å²) in [6, 6.07) is 3.96. The number of aromatic hydroxyl groups is 1. The molecule has 5 aliphatic carbocycles. The summed E-state index contributed by atoms with van der Waals surface area (Å²) in [6.07, 6.45) is 5.01. The molecular formula is C35H53NO8. The molecule has 0 aromatic heterocycles. The molecule has 1 spiro atoms. The van der Waals surface area contributed by atoms with Crippen molar-refractivity contribution >= 4 is 6.16 Å². The maximum Gasteiger partial charge on any atom is 0.513 e. The molecule has 1 heterocycles. The van der Waals surface area contributed by atoms with E-state index in [4.69, 9.17) is 19.3 Å². The number of hydrogen-bond acceptors (Lipinski definition) is 9. The van der Waals surface area contributed by atoms with Crippen molar-refractivity contribution in [3.05, 3.63) is 23.3 Å². The second kappa shape index (κ2) is 10.8. The topological polar surface area (TPSA) is 129 Å². The SMILES string of the molecule is CO[C@@]12CC[C@@]3(C[C@@H]1[C@](C)(O)C(C)(C)C)[C@H]1Cc4ccc(OC(=O)OCC[C@@H](O)CO)c(O)c4[C@@]3(CCN1CC1CC1)[C@H]2C. The predicted molar refractivity (Wildman–Crippen MR) is 165 cm³/mol. The summed E-state index contributed by atoms with van der Waals surface area (Å²) in [5.74, 6) is 0.711. The van der Waals surface area contributed by atoms with E-state index in [1.54, 1.807) is 13.2 Å². The van der Waals surface area contributed by atoms with Gasteiger partial charge in [-0.25, -0.2) is 4.79 Å². The number of hydrogen-bond donors (Lipinski definition) is 4. The van der Waals surface area contributed by atoms with E-state index < -0.39 is 35.5 Å². The number of nitrogens with zero attached hydrogens (tertiary/aromatic N) is 1. The van der Waals surface area contributed by atoms with Crippen molar-refractivity contribution < 1.29 is 39.4 Å². The van der Waals surface area contributed by atoms with Gasteiger partial charge in [-0.15, -0.1) is 0 Å². The van der Waals surface area contributed by atoms with Crippen molar-refractivity contribution in [2.24, 2.45) is 28.6 Å². The second-order valence-corrected chi connectivity index (χ2v) is 15.8. The molecule has 246 valence electrons. The highest BCUT2D eigenvalue weighted by molar-refractivity contribution is 5.68. The van der Waals surface area contributed by atoms with Crippen LogP contribution in [0.3, 0.4) is 0 Å². The number of aliphatic hydroxyl groups excluding tert-OH is 2. The van der Waals surface area contributed by atoms with Crippen molar-refractivity contribution in [2.75, 3.05) is 33.4 Å². The lowest BCUT2D eigenvalue weighted by Gasteiger charge is -2.78. The lowest BCUT2D eigenvalue weighted by molar-refractivity contribution is -0.308. The lowest BCUT2D eigenvalue weighted by Crippen LogP contribution is -2.81. The molecular weight excluding hydrogens is 562 g/mol. The van der Waals surface area contributed by atoms with E-state index in [0.29, 0.717) is 0 Å². The number of carbonyl (C=O) groups excluding carboxylic acids is 1. The quantitative estimate of drug-likeness (QED) is 0.234. The fourth-order valence-corrected chi connectivity index (χ4v) is 10.3. The number of piperidine rings is 1. The first-order valence-corrected chi connectivity index (χ1v) is 16.7. The molecule has 5 fully saturated rings. The van der Waals surface area contributed by atoms with E-state index >= 15 is 0 Å². The average molecular weight is 616 g/mol. The summed E-state index contributed by atoms with van der Waals surface area (Å²) in [5.41, 5.74) is -0.587. The van der Waals surface area contributed by atoms with Gasteiger partial charge in [-0.2, -0.15) is 0 Å². The van der Waals surface area contributed by atoms with Gasteiger partial charge in [-0.3, -0.25) is 4.90 Å². The van der Waals surface area contributed by atoms with Crippen molar-refractivity contribution in [3.8, 4) is 11.5 Å². The monoisotopic (exact) mass is 615 g/mol. The van der Waals surface area contributed by atoms with Crippen LogP contribution in [0.25, 0.3) is 0 Å². The first-order valence-electron chi connectivity index (χ1n) is 16.7. The highest BCUT2D eigenvalue weighted by Gasteiger charge is 2.78. The Morgan fingerprint density at radius 3 is 2.52 bits per heavy atom. The van der Waals surface area contributed by atoms with Crippen LogP contribution in [0.15, 0.2) is 12.1 Å². The Hall–Kier alpha value is -1.91. The highest BCUT2D eigenvalue weighted by atomic mass is 16.7. The minimum absolute atomic E-state index is 0.00639. The number of aliphatic hydroxyl groups is 3. The number of fused-ring (bicyclic) bond motifs is 3. The van der Waals surface area contributed by atoms with E-state index in [0.717, 1.165) is 62.2 Å². The van der Waals surface area contributed by atoms with Crippen LogP contribution in [0.1, 0.15) is 90.7 Å². The van der Waals surface area contributed by atoms with Gasteiger partial charge < -0.3 is 34.6 Å². The zero-order chi connectivity index (χ0) is 31.9. The molecule has 44 heavy (non-hydrogen) atoms. The molecule has 9 nitrogen and oxygen atoms in total. The van der Waals surface area contributed by atoms with Crippen LogP contribution in [0.5, 0.6) is 11.5 Å². The lowest BCUT2D eigenvalue weighted by atomic mass is 9.30. The van der Waals surface area contributed by atoms with E-state index in [9.17, 15) is 20.1 Å². The molecule has 0 radical (unpaired) electrons. The summed E-state index contributed by atoms with van der Waals surface area (Å²) in [7, 11) is 1.80. The summed E-state index contributed by atoms with van der Waals surface area (Å²) >= 11 is 0. The van der Waals surface area contributed by atoms with Crippen LogP contribution in [-0.4, -0.2) is 88.2 Å². The third-order valence-electron chi connectivity index (χ3n) is 13.3. The first-order chi connectivity index (χ1) is 20.7. The summed E-state index contributed by atoms with van der Waals surface area (Å²) in [6.45, 7) is 12.1. The molecule has 1 aromatic carbocycles. The van der Waals surface area contributed by atoms with Crippen molar-refractivity contribution in [3.63, 3.8) is 0 Å². The maximum atomic E-state index is 12.6. The van der Waals surface area contributed by atoms with Crippen LogP contribution >= 0.6 is 0 Å². The van der Waals surface area contributed by atoms with E-state index in [1.807, 2.05) is 13.0 Å². The molecule has 1 aliphatic heterocycles. The molecule has 1 aromatic rings. The fraction of sp³-hybridized carbons (Fsp3) is 0.800. The van der Waals surface area contributed by atoms with E-state index in [2.05, 4.69) is 32.6 Å². The van der Waals surface area contributed by atoms with Crippen LogP contribution < -0.4 is 4.74 Å². The minimum Gasteiger partial charge on any atom is -0.504 e. The van der Waals surface area contributed by atoms with Gasteiger partial charge in [0.1, 0.15) is 0 Å². The third kappa shape index (κ3) is 4.47. The number of phenols is 1. The number of rotatable bonds is 9. The molecule has 4 saturated carbocycles. The molecule has 0 unspecified atom stereocenters. The number of methoxy groups -OCH3 is 1. The molecule has 4 bridgehead atoms. The van der Waals surface area contributed by atoms with Crippen LogP contribution in [-0.2, 0) is 21.3 Å². The third-order valence-corrected chi connectivity index (χ3v) is 13.3.